The molecular weight excluding hydrogens is 308 g/mol. The Labute approximate surface area is 149 Å². The van der Waals surface area contributed by atoms with Crippen molar-refractivity contribution in [1.29, 1.82) is 0 Å². The number of anilines is 1. The first kappa shape index (κ1) is 15.9. The highest BCUT2D eigenvalue weighted by molar-refractivity contribution is 5.82. The molecular formula is C22H24N2O. The van der Waals surface area contributed by atoms with E-state index >= 15 is 0 Å². The minimum absolute atomic E-state index is 0.0155. The first-order chi connectivity index (χ1) is 12.1. The Morgan fingerprint density at radius 3 is 2.68 bits per heavy atom. The molecule has 0 spiro atoms. The zero-order chi connectivity index (χ0) is 17.4. The van der Waals surface area contributed by atoms with Gasteiger partial charge in [0, 0.05) is 29.6 Å². The maximum atomic E-state index is 5.19. The maximum Gasteiger partial charge on any atom is 0.119 e. The highest BCUT2D eigenvalue weighted by atomic mass is 16.5. The van der Waals surface area contributed by atoms with Crippen molar-refractivity contribution >= 4 is 17.6 Å². The van der Waals surface area contributed by atoms with E-state index in [0.29, 0.717) is 0 Å². The van der Waals surface area contributed by atoms with Gasteiger partial charge in [0.05, 0.1) is 12.8 Å². The van der Waals surface area contributed by atoms with Crippen LogP contribution < -0.4 is 9.64 Å². The molecule has 2 aliphatic rings. The quantitative estimate of drug-likeness (QED) is 0.737. The number of ether oxygens (including phenoxy) is 1. The van der Waals surface area contributed by atoms with Crippen molar-refractivity contribution in [3.63, 3.8) is 0 Å². The summed E-state index contributed by atoms with van der Waals surface area (Å²) in [7, 11) is 1.68. The lowest BCUT2D eigenvalue weighted by molar-refractivity contribution is 0.415. The summed E-state index contributed by atoms with van der Waals surface area (Å²) in [5.41, 5.74) is 6.64. The van der Waals surface area contributed by atoms with Crippen molar-refractivity contribution in [2.45, 2.75) is 32.1 Å². The van der Waals surface area contributed by atoms with Gasteiger partial charge in [-0.25, -0.2) is 0 Å². The van der Waals surface area contributed by atoms with E-state index in [2.05, 4.69) is 48.0 Å². The highest BCUT2D eigenvalue weighted by Crippen LogP contribution is 2.50. The average molecular weight is 332 g/mol. The van der Waals surface area contributed by atoms with Crippen LogP contribution in [0.1, 0.15) is 31.4 Å². The predicted octanol–water partition coefficient (Wildman–Crippen LogP) is 5.03. The van der Waals surface area contributed by atoms with Gasteiger partial charge in [0.25, 0.3) is 0 Å². The molecule has 0 N–H and O–H groups in total. The van der Waals surface area contributed by atoms with E-state index in [1.165, 1.54) is 35.4 Å². The smallest absolute Gasteiger partial charge is 0.119 e. The number of nitrogens with zero attached hydrogens (tertiary/aromatic N) is 2. The lowest BCUT2D eigenvalue weighted by Crippen LogP contribution is -2.29. The van der Waals surface area contributed by atoms with Gasteiger partial charge in [-0.1, -0.05) is 32.0 Å². The Kier molecular flexibility index (Phi) is 3.87. The molecule has 0 unspecified atom stereocenters. The number of methoxy groups -OCH3 is 1. The fourth-order valence-corrected chi connectivity index (χ4v) is 4.03. The molecule has 3 heteroatoms. The summed E-state index contributed by atoms with van der Waals surface area (Å²) in [6.07, 6.45) is 6.50. The third kappa shape index (κ3) is 2.64. The second kappa shape index (κ2) is 6.07. The Bertz CT molecular complexity index is 847. The number of para-hydroxylation sites is 1. The number of hydrogen-bond acceptors (Lipinski definition) is 3. The number of rotatable bonds is 3. The second-order valence-corrected chi connectivity index (χ2v) is 7.22. The SMILES string of the molecule is COc1ccc(N=C/C=C2\N3CCCc4cccc(c43)C2(C)C)cc1. The Hall–Kier alpha value is -2.55. The summed E-state index contributed by atoms with van der Waals surface area (Å²) >= 11 is 0. The van der Waals surface area contributed by atoms with E-state index in [1.807, 2.05) is 30.5 Å². The Balaban J connectivity index is 1.66. The number of aryl methyl sites for hydroxylation is 1. The van der Waals surface area contributed by atoms with Gasteiger partial charge < -0.3 is 9.64 Å². The molecule has 0 amide bonds. The van der Waals surface area contributed by atoms with Crippen molar-refractivity contribution in [2.24, 2.45) is 4.99 Å². The molecule has 0 bridgehead atoms. The average Bonchev–Trinajstić information content (AvgIpc) is 2.86. The minimum atomic E-state index is 0.0155. The van der Waals surface area contributed by atoms with E-state index in [4.69, 9.17) is 4.74 Å². The largest absolute Gasteiger partial charge is 0.497 e. The van der Waals surface area contributed by atoms with Gasteiger partial charge in [-0.15, -0.1) is 0 Å². The van der Waals surface area contributed by atoms with Crippen LogP contribution in [0.2, 0.25) is 0 Å². The van der Waals surface area contributed by atoms with Gasteiger partial charge in [0.1, 0.15) is 5.75 Å². The van der Waals surface area contributed by atoms with Crippen LogP contribution in [0.4, 0.5) is 11.4 Å². The molecule has 0 atom stereocenters. The number of benzene rings is 2. The summed E-state index contributed by atoms with van der Waals surface area (Å²) < 4.78 is 5.19. The number of hydrogen-bond donors (Lipinski definition) is 0. The lowest BCUT2D eigenvalue weighted by Gasteiger charge is -2.30. The maximum absolute atomic E-state index is 5.19. The fourth-order valence-electron chi connectivity index (χ4n) is 4.03. The van der Waals surface area contributed by atoms with Crippen molar-refractivity contribution in [3.8, 4) is 5.75 Å². The van der Waals surface area contributed by atoms with E-state index in [0.717, 1.165) is 18.0 Å². The first-order valence-corrected chi connectivity index (χ1v) is 8.90. The van der Waals surface area contributed by atoms with Crippen LogP contribution in [0.25, 0.3) is 0 Å². The second-order valence-electron chi connectivity index (χ2n) is 7.22. The molecule has 2 heterocycles. The molecule has 128 valence electrons. The monoisotopic (exact) mass is 332 g/mol. The topological polar surface area (TPSA) is 24.8 Å². The number of aliphatic imine (C=N–C) groups is 1. The molecule has 0 saturated carbocycles. The van der Waals surface area contributed by atoms with Crippen molar-refractivity contribution in [1.82, 2.24) is 0 Å². The summed E-state index contributed by atoms with van der Waals surface area (Å²) in [5.74, 6) is 0.852. The zero-order valence-electron chi connectivity index (χ0n) is 15.1. The van der Waals surface area contributed by atoms with Crippen molar-refractivity contribution in [3.05, 3.63) is 65.4 Å². The van der Waals surface area contributed by atoms with Crippen LogP contribution in [0, 0.1) is 0 Å². The fraction of sp³-hybridized carbons (Fsp3) is 0.318. The minimum Gasteiger partial charge on any atom is -0.497 e. The molecule has 0 radical (unpaired) electrons. The predicted molar refractivity (Wildman–Crippen MR) is 104 cm³/mol. The first-order valence-electron chi connectivity index (χ1n) is 8.90. The van der Waals surface area contributed by atoms with Gasteiger partial charge >= 0.3 is 0 Å². The van der Waals surface area contributed by atoms with Gasteiger partial charge in [-0.05, 0) is 54.3 Å². The van der Waals surface area contributed by atoms with E-state index < -0.39 is 0 Å². The van der Waals surface area contributed by atoms with Gasteiger partial charge in [-0.3, -0.25) is 4.99 Å². The Morgan fingerprint density at radius 2 is 1.92 bits per heavy atom. The standard InChI is InChI=1S/C22H24N2O/c1-22(2)19-8-4-6-16-7-5-15-24(21(16)19)20(22)13-14-23-17-9-11-18(25-3)12-10-17/h4,6,8-14H,5,7,15H2,1-3H3/b20-13-,23-14?. The zero-order valence-corrected chi connectivity index (χ0v) is 15.1. The molecule has 2 aliphatic heterocycles. The summed E-state index contributed by atoms with van der Waals surface area (Å²) in [6.45, 7) is 5.72. The van der Waals surface area contributed by atoms with Gasteiger partial charge in [0.15, 0.2) is 0 Å². The molecule has 2 aromatic rings. The molecule has 4 rings (SSSR count). The van der Waals surface area contributed by atoms with Crippen LogP contribution >= 0.6 is 0 Å². The van der Waals surface area contributed by atoms with Crippen LogP contribution in [-0.4, -0.2) is 19.9 Å². The van der Waals surface area contributed by atoms with Crippen molar-refractivity contribution in [2.75, 3.05) is 18.6 Å². The lowest BCUT2D eigenvalue weighted by atomic mass is 9.83. The normalized spacial score (nSPS) is 19.5. The molecule has 3 nitrogen and oxygen atoms in total. The summed E-state index contributed by atoms with van der Waals surface area (Å²) in [5, 5.41) is 0. The van der Waals surface area contributed by atoms with E-state index in [1.54, 1.807) is 7.11 Å². The molecule has 25 heavy (non-hydrogen) atoms. The van der Waals surface area contributed by atoms with E-state index in [9.17, 15) is 0 Å². The summed E-state index contributed by atoms with van der Waals surface area (Å²) in [6, 6.07) is 14.6. The molecule has 0 aliphatic carbocycles. The molecule has 0 aromatic heterocycles. The Morgan fingerprint density at radius 1 is 1.12 bits per heavy atom. The van der Waals surface area contributed by atoms with Crippen LogP contribution in [0.15, 0.2) is 59.2 Å². The third-order valence-corrected chi connectivity index (χ3v) is 5.35. The van der Waals surface area contributed by atoms with Gasteiger partial charge in [0.2, 0.25) is 0 Å². The van der Waals surface area contributed by atoms with Gasteiger partial charge in [-0.2, -0.15) is 0 Å². The molecule has 0 fully saturated rings. The van der Waals surface area contributed by atoms with E-state index in [-0.39, 0.29) is 5.41 Å². The van der Waals surface area contributed by atoms with Crippen LogP contribution in [0.5, 0.6) is 5.75 Å². The third-order valence-electron chi connectivity index (χ3n) is 5.35. The summed E-state index contributed by atoms with van der Waals surface area (Å²) in [4.78, 5) is 7.09. The van der Waals surface area contributed by atoms with Crippen molar-refractivity contribution < 1.29 is 4.74 Å². The van der Waals surface area contributed by atoms with Crippen LogP contribution in [0.3, 0.4) is 0 Å². The molecule has 0 saturated heterocycles. The highest BCUT2D eigenvalue weighted by Gasteiger charge is 2.41. The van der Waals surface area contributed by atoms with Crippen LogP contribution in [-0.2, 0) is 11.8 Å². The number of allylic oxidation sites excluding steroid dienone is 2. The molecule has 2 aromatic carbocycles.